The topological polar surface area (TPSA) is 79.7 Å². The minimum absolute atomic E-state index is 0.0919. The second kappa shape index (κ2) is 5.59. The van der Waals surface area contributed by atoms with Gasteiger partial charge in [0.2, 0.25) is 0 Å². The van der Waals surface area contributed by atoms with Crippen molar-refractivity contribution in [2.45, 2.75) is 32.1 Å². The molecule has 0 aromatic heterocycles. The number of nitrogens with zero attached hydrogens (tertiary/aromatic N) is 2. The zero-order valence-corrected chi connectivity index (χ0v) is 11.7. The van der Waals surface area contributed by atoms with Crippen LogP contribution < -0.4 is 22.0 Å². The molecule has 1 aromatic carbocycles. The number of anilines is 1. The SMILES string of the molecule is CC.N/N=C1\N(N)c2ccccc2C12CCNCC2. The highest BCUT2D eigenvalue weighted by Gasteiger charge is 2.48. The summed E-state index contributed by atoms with van der Waals surface area (Å²) in [6, 6.07) is 8.21. The zero-order chi connectivity index (χ0) is 13.9. The van der Waals surface area contributed by atoms with Crippen molar-refractivity contribution in [1.82, 2.24) is 5.32 Å². The van der Waals surface area contributed by atoms with Crippen molar-refractivity contribution < 1.29 is 0 Å². The summed E-state index contributed by atoms with van der Waals surface area (Å²) in [6.07, 6.45) is 1.99. The largest absolute Gasteiger partial charge is 0.321 e. The van der Waals surface area contributed by atoms with Crippen molar-refractivity contribution in [2.24, 2.45) is 16.8 Å². The molecule has 2 aliphatic heterocycles. The lowest BCUT2D eigenvalue weighted by Gasteiger charge is -2.34. The van der Waals surface area contributed by atoms with Gasteiger partial charge in [0.25, 0.3) is 0 Å². The fourth-order valence-electron chi connectivity index (χ4n) is 3.09. The molecule has 0 saturated carbocycles. The molecule has 0 atom stereocenters. The van der Waals surface area contributed by atoms with E-state index in [1.165, 1.54) is 5.56 Å². The van der Waals surface area contributed by atoms with E-state index >= 15 is 0 Å². The predicted octanol–water partition coefficient (Wildman–Crippen LogP) is 1.30. The highest BCUT2D eigenvalue weighted by molar-refractivity contribution is 6.10. The van der Waals surface area contributed by atoms with Crippen LogP contribution >= 0.6 is 0 Å². The van der Waals surface area contributed by atoms with E-state index in [2.05, 4.69) is 22.6 Å². The Morgan fingerprint density at radius 1 is 1.21 bits per heavy atom. The lowest BCUT2D eigenvalue weighted by atomic mass is 9.74. The van der Waals surface area contributed by atoms with Crippen molar-refractivity contribution >= 4 is 11.5 Å². The first-order valence-electron chi connectivity index (χ1n) is 6.93. The van der Waals surface area contributed by atoms with Gasteiger partial charge in [0.1, 0.15) is 0 Å². The van der Waals surface area contributed by atoms with E-state index in [9.17, 15) is 0 Å². The molecule has 0 bridgehead atoms. The number of piperidine rings is 1. The molecule has 104 valence electrons. The van der Waals surface area contributed by atoms with Crippen LogP contribution in [-0.2, 0) is 5.41 Å². The Labute approximate surface area is 114 Å². The first-order chi connectivity index (χ1) is 9.29. The standard InChI is InChI=1S/C12H17N5.C2H6/c13-16-11-12(5-7-15-8-6-12)9-3-1-2-4-10(9)17(11)14;1-2/h1-4,15H,5-8,13-14H2;1-2H3/b16-11-;. The number of nitrogens with one attached hydrogen (secondary N) is 1. The maximum atomic E-state index is 6.11. The lowest BCUT2D eigenvalue weighted by molar-refractivity contribution is 0.400. The van der Waals surface area contributed by atoms with E-state index in [0.717, 1.165) is 37.5 Å². The van der Waals surface area contributed by atoms with Crippen LogP contribution in [0.25, 0.3) is 0 Å². The first-order valence-corrected chi connectivity index (χ1v) is 6.93. The number of fused-ring (bicyclic) bond motifs is 2. The minimum atomic E-state index is -0.0919. The van der Waals surface area contributed by atoms with Gasteiger partial charge in [0.15, 0.2) is 5.84 Å². The summed E-state index contributed by atoms with van der Waals surface area (Å²) < 4.78 is 0. The molecule has 2 aliphatic rings. The molecular formula is C14H23N5. The molecule has 0 unspecified atom stereocenters. The van der Waals surface area contributed by atoms with Gasteiger partial charge in [-0.15, -0.1) is 0 Å². The second-order valence-electron chi connectivity index (χ2n) is 4.67. The van der Waals surface area contributed by atoms with Gasteiger partial charge in [-0.2, -0.15) is 5.10 Å². The number of hydrazone groups is 1. The van der Waals surface area contributed by atoms with Gasteiger partial charge in [0.05, 0.1) is 11.1 Å². The number of rotatable bonds is 0. The molecular weight excluding hydrogens is 238 g/mol. The van der Waals surface area contributed by atoms with Crippen LogP contribution in [0.4, 0.5) is 5.69 Å². The Kier molecular flexibility index (Phi) is 4.07. The number of amidine groups is 1. The molecule has 5 nitrogen and oxygen atoms in total. The molecule has 0 amide bonds. The summed E-state index contributed by atoms with van der Waals surface area (Å²) in [4.78, 5) is 0. The Balaban J connectivity index is 0.000000637. The molecule has 1 saturated heterocycles. The van der Waals surface area contributed by atoms with Gasteiger partial charge in [0, 0.05) is 0 Å². The van der Waals surface area contributed by atoms with Gasteiger partial charge in [-0.25, -0.2) is 5.84 Å². The van der Waals surface area contributed by atoms with Gasteiger partial charge in [-0.3, -0.25) is 5.01 Å². The molecule has 1 fully saturated rings. The number of hydrazine groups is 1. The van der Waals surface area contributed by atoms with Gasteiger partial charge < -0.3 is 11.2 Å². The lowest BCUT2D eigenvalue weighted by Crippen LogP contribution is -2.49. The smallest absolute Gasteiger partial charge is 0.154 e. The van der Waals surface area contributed by atoms with E-state index in [0.29, 0.717) is 0 Å². The Morgan fingerprint density at radius 2 is 1.84 bits per heavy atom. The average molecular weight is 261 g/mol. The summed E-state index contributed by atoms with van der Waals surface area (Å²) in [5, 5.41) is 8.96. The number of benzene rings is 1. The molecule has 1 aromatic rings. The third-order valence-electron chi connectivity index (χ3n) is 3.91. The second-order valence-corrected chi connectivity index (χ2v) is 4.67. The van der Waals surface area contributed by atoms with Crippen molar-refractivity contribution in [2.75, 3.05) is 18.1 Å². The Hall–Kier alpha value is -1.59. The molecule has 19 heavy (non-hydrogen) atoms. The highest BCUT2D eigenvalue weighted by atomic mass is 15.5. The molecule has 0 radical (unpaired) electrons. The summed E-state index contributed by atoms with van der Waals surface area (Å²) in [5.74, 6) is 12.5. The Bertz CT molecular complexity index is 463. The van der Waals surface area contributed by atoms with Crippen LogP contribution in [0, 0.1) is 0 Å². The number of nitrogens with two attached hydrogens (primary N) is 2. The molecule has 5 N–H and O–H groups in total. The maximum absolute atomic E-state index is 6.11. The zero-order valence-electron chi connectivity index (χ0n) is 11.7. The van der Waals surface area contributed by atoms with E-state index in [4.69, 9.17) is 11.7 Å². The van der Waals surface area contributed by atoms with Gasteiger partial charge in [-0.1, -0.05) is 32.0 Å². The predicted molar refractivity (Wildman–Crippen MR) is 79.9 cm³/mol. The van der Waals surface area contributed by atoms with Crippen molar-refractivity contribution in [3.63, 3.8) is 0 Å². The van der Waals surface area contributed by atoms with Gasteiger partial charge in [-0.05, 0) is 37.6 Å². The number of para-hydroxylation sites is 1. The van der Waals surface area contributed by atoms with Gasteiger partial charge >= 0.3 is 0 Å². The fraction of sp³-hybridized carbons (Fsp3) is 0.500. The highest BCUT2D eigenvalue weighted by Crippen LogP contribution is 2.45. The van der Waals surface area contributed by atoms with Crippen molar-refractivity contribution in [3.8, 4) is 0 Å². The van der Waals surface area contributed by atoms with Crippen LogP contribution in [0.2, 0.25) is 0 Å². The molecule has 0 aliphatic carbocycles. The third kappa shape index (κ3) is 1.99. The van der Waals surface area contributed by atoms with E-state index in [1.54, 1.807) is 5.01 Å². The van der Waals surface area contributed by atoms with Crippen LogP contribution in [-0.4, -0.2) is 18.9 Å². The van der Waals surface area contributed by atoms with E-state index < -0.39 is 0 Å². The maximum Gasteiger partial charge on any atom is 0.154 e. The summed E-state index contributed by atoms with van der Waals surface area (Å²) in [7, 11) is 0. The summed E-state index contributed by atoms with van der Waals surface area (Å²) in [6.45, 7) is 5.95. The van der Waals surface area contributed by atoms with E-state index in [1.807, 2.05) is 26.0 Å². The normalized spacial score (nSPS) is 22.1. The van der Waals surface area contributed by atoms with Crippen LogP contribution in [0.15, 0.2) is 29.4 Å². The monoisotopic (exact) mass is 261 g/mol. The third-order valence-corrected chi connectivity index (χ3v) is 3.91. The number of hydrogen-bond donors (Lipinski definition) is 3. The molecule has 2 heterocycles. The molecule has 5 heteroatoms. The summed E-state index contributed by atoms with van der Waals surface area (Å²) >= 11 is 0. The van der Waals surface area contributed by atoms with Crippen LogP contribution in [0.1, 0.15) is 32.3 Å². The molecule has 1 spiro atoms. The van der Waals surface area contributed by atoms with Crippen LogP contribution in [0.3, 0.4) is 0 Å². The van der Waals surface area contributed by atoms with E-state index in [-0.39, 0.29) is 5.41 Å². The average Bonchev–Trinajstić information content (AvgIpc) is 2.72. The quantitative estimate of drug-likeness (QED) is 0.486. The first kappa shape index (κ1) is 13.8. The molecule has 3 rings (SSSR count). The summed E-state index contributed by atoms with van der Waals surface area (Å²) in [5.41, 5.74) is 2.19. The number of hydrogen-bond acceptors (Lipinski definition) is 4. The van der Waals surface area contributed by atoms with Crippen LogP contribution in [0.5, 0.6) is 0 Å². The van der Waals surface area contributed by atoms with Crippen molar-refractivity contribution in [3.05, 3.63) is 29.8 Å². The van der Waals surface area contributed by atoms with Crippen molar-refractivity contribution in [1.29, 1.82) is 0 Å². The Morgan fingerprint density at radius 3 is 2.47 bits per heavy atom. The fourth-order valence-corrected chi connectivity index (χ4v) is 3.09. The minimum Gasteiger partial charge on any atom is -0.321 e.